The van der Waals surface area contributed by atoms with Crippen molar-refractivity contribution in [3.05, 3.63) is 63.9 Å². The van der Waals surface area contributed by atoms with E-state index >= 15 is 0 Å². The second-order valence-corrected chi connectivity index (χ2v) is 4.42. The molecule has 0 aliphatic rings. The van der Waals surface area contributed by atoms with E-state index in [0.717, 1.165) is 0 Å². The summed E-state index contributed by atoms with van der Waals surface area (Å²) in [5.74, 6) is -0.436. The van der Waals surface area contributed by atoms with Crippen LogP contribution in [0.5, 0.6) is 0 Å². The molecule has 0 radical (unpaired) electrons. The topological polar surface area (TPSA) is 30.0 Å². The van der Waals surface area contributed by atoms with Crippen LogP contribution in [0.4, 0.5) is 8.78 Å². The maximum Gasteiger partial charge on any atom is 0.265 e. The van der Waals surface area contributed by atoms with E-state index in [1.807, 2.05) is 0 Å². The Bertz CT molecular complexity index is 572. The van der Waals surface area contributed by atoms with Gasteiger partial charge in [-0.25, -0.2) is 8.78 Å². The highest BCUT2D eigenvalue weighted by atomic mass is 79.9. The Morgan fingerprint density at radius 1 is 1.17 bits per heavy atom. The third-order valence-electron chi connectivity index (χ3n) is 2.46. The minimum atomic E-state index is -2.71. The third-order valence-corrected chi connectivity index (χ3v) is 3.15. The average molecular weight is 312 g/mol. The monoisotopic (exact) mass is 311 g/mol. The Morgan fingerprint density at radius 3 is 2.44 bits per heavy atom. The summed E-state index contributed by atoms with van der Waals surface area (Å²) in [4.78, 5) is 15.9. The van der Waals surface area contributed by atoms with E-state index in [-0.39, 0.29) is 15.6 Å². The van der Waals surface area contributed by atoms with E-state index in [4.69, 9.17) is 0 Å². The van der Waals surface area contributed by atoms with Crippen molar-refractivity contribution < 1.29 is 13.6 Å². The number of ketones is 1. The van der Waals surface area contributed by atoms with Gasteiger partial charge < -0.3 is 0 Å². The van der Waals surface area contributed by atoms with Crippen molar-refractivity contribution in [2.45, 2.75) is 6.43 Å². The van der Waals surface area contributed by atoms with Crippen LogP contribution in [-0.4, -0.2) is 10.8 Å². The highest BCUT2D eigenvalue weighted by Crippen LogP contribution is 2.31. The quantitative estimate of drug-likeness (QED) is 0.802. The molecule has 2 aromatic rings. The zero-order valence-electron chi connectivity index (χ0n) is 9.11. The lowest BCUT2D eigenvalue weighted by molar-refractivity contribution is 0.102. The van der Waals surface area contributed by atoms with E-state index < -0.39 is 12.2 Å². The van der Waals surface area contributed by atoms with Crippen LogP contribution in [0.15, 0.2) is 47.2 Å². The van der Waals surface area contributed by atoms with Crippen molar-refractivity contribution in [2.75, 3.05) is 0 Å². The molecule has 0 aliphatic carbocycles. The maximum absolute atomic E-state index is 13.0. The van der Waals surface area contributed by atoms with Gasteiger partial charge >= 0.3 is 0 Å². The summed E-state index contributed by atoms with van der Waals surface area (Å²) in [7, 11) is 0. The standard InChI is InChI=1S/C13H8BrF2NO/c14-10-3-1-2-9(11(10)13(15)16)12(18)8-4-6-17-7-5-8/h1-7,13H. The number of alkyl halides is 2. The van der Waals surface area contributed by atoms with Crippen LogP contribution in [0, 0.1) is 0 Å². The van der Waals surface area contributed by atoms with Gasteiger partial charge in [-0.1, -0.05) is 28.1 Å². The second-order valence-electron chi connectivity index (χ2n) is 3.57. The van der Waals surface area contributed by atoms with E-state index in [0.29, 0.717) is 5.56 Å². The molecule has 0 N–H and O–H groups in total. The molecule has 0 saturated carbocycles. The normalized spacial score (nSPS) is 10.7. The molecule has 1 heterocycles. The van der Waals surface area contributed by atoms with Gasteiger partial charge in [0, 0.05) is 33.6 Å². The predicted molar refractivity (Wildman–Crippen MR) is 66.8 cm³/mol. The summed E-state index contributed by atoms with van der Waals surface area (Å²) in [5.41, 5.74) is 0.0647. The van der Waals surface area contributed by atoms with E-state index in [1.165, 1.54) is 36.7 Å². The van der Waals surface area contributed by atoms with Gasteiger partial charge in [-0.05, 0) is 18.2 Å². The molecule has 2 nitrogen and oxygen atoms in total. The van der Waals surface area contributed by atoms with Crippen molar-refractivity contribution >= 4 is 21.7 Å². The van der Waals surface area contributed by atoms with Crippen molar-refractivity contribution in [1.29, 1.82) is 0 Å². The lowest BCUT2D eigenvalue weighted by Gasteiger charge is -2.09. The fourth-order valence-electron chi connectivity index (χ4n) is 1.62. The summed E-state index contributed by atoms with van der Waals surface area (Å²) in [6, 6.07) is 7.45. The van der Waals surface area contributed by atoms with Gasteiger partial charge in [0.25, 0.3) is 6.43 Å². The molecule has 5 heteroatoms. The van der Waals surface area contributed by atoms with Gasteiger partial charge in [0.15, 0.2) is 5.78 Å². The number of rotatable bonds is 3. The molecule has 0 unspecified atom stereocenters. The first kappa shape index (κ1) is 12.8. The van der Waals surface area contributed by atoms with E-state index in [9.17, 15) is 13.6 Å². The first-order chi connectivity index (χ1) is 8.61. The number of nitrogens with zero attached hydrogens (tertiary/aromatic N) is 1. The Labute approximate surface area is 111 Å². The highest BCUT2D eigenvalue weighted by Gasteiger charge is 2.21. The fraction of sp³-hybridized carbons (Fsp3) is 0.0769. The third kappa shape index (κ3) is 2.46. The number of carbonyl (C=O) groups excluding carboxylic acids is 1. The van der Waals surface area contributed by atoms with Gasteiger partial charge in [0.05, 0.1) is 0 Å². The van der Waals surface area contributed by atoms with Crippen LogP contribution in [0.1, 0.15) is 27.9 Å². The lowest BCUT2D eigenvalue weighted by Crippen LogP contribution is -2.06. The largest absolute Gasteiger partial charge is 0.289 e. The van der Waals surface area contributed by atoms with Gasteiger partial charge in [-0.3, -0.25) is 9.78 Å². The summed E-state index contributed by atoms with van der Waals surface area (Å²) >= 11 is 3.04. The first-order valence-corrected chi connectivity index (χ1v) is 5.92. The van der Waals surface area contributed by atoms with Crippen LogP contribution in [0.3, 0.4) is 0 Å². The molecule has 0 atom stereocenters. The van der Waals surface area contributed by atoms with E-state index in [2.05, 4.69) is 20.9 Å². The Kier molecular flexibility index (Phi) is 3.81. The molecule has 0 bridgehead atoms. The maximum atomic E-state index is 13.0. The minimum absolute atomic E-state index is 0.00516. The lowest BCUT2D eigenvalue weighted by atomic mass is 9.99. The Morgan fingerprint density at radius 2 is 1.83 bits per heavy atom. The Balaban J connectivity index is 2.52. The van der Waals surface area contributed by atoms with Gasteiger partial charge in [0.1, 0.15) is 0 Å². The molecule has 1 aromatic carbocycles. The molecule has 0 aliphatic heterocycles. The van der Waals surface area contributed by atoms with Crippen molar-refractivity contribution in [2.24, 2.45) is 0 Å². The number of aromatic nitrogens is 1. The highest BCUT2D eigenvalue weighted by molar-refractivity contribution is 9.10. The van der Waals surface area contributed by atoms with Crippen LogP contribution in [-0.2, 0) is 0 Å². The predicted octanol–water partition coefficient (Wildman–Crippen LogP) is 4.01. The van der Waals surface area contributed by atoms with Crippen LogP contribution in [0.2, 0.25) is 0 Å². The molecule has 0 spiro atoms. The first-order valence-electron chi connectivity index (χ1n) is 5.12. The number of carbonyl (C=O) groups is 1. The number of halogens is 3. The summed E-state index contributed by atoms with van der Waals surface area (Å²) < 4.78 is 26.2. The molecular formula is C13H8BrF2NO. The van der Waals surface area contributed by atoms with Crippen molar-refractivity contribution in [1.82, 2.24) is 4.98 Å². The van der Waals surface area contributed by atoms with Gasteiger partial charge in [-0.15, -0.1) is 0 Å². The van der Waals surface area contributed by atoms with Gasteiger partial charge in [-0.2, -0.15) is 0 Å². The molecule has 92 valence electrons. The number of pyridine rings is 1. The van der Waals surface area contributed by atoms with Gasteiger partial charge in [0.2, 0.25) is 0 Å². The number of hydrogen-bond donors (Lipinski definition) is 0. The zero-order chi connectivity index (χ0) is 13.1. The fourth-order valence-corrected chi connectivity index (χ4v) is 2.15. The average Bonchev–Trinajstić information content (AvgIpc) is 2.38. The molecule has 2 rings (SSSR count). The minimum Gasteiger partial charge on any atom is -0.289 e. The summed E-state index contributed by atoms with van der Waals surface area (Å²) in [5, 5.41) is 0. The summed E-state index contributed by atoms with van der Waals surface area (Å²) in [6.07, 6.45) is 0.196. The zero-order valence-corrected chi connectivity index (χ0v) is 10.7. The molecule has 18 heavy (non-hydrogen) atoms. The molecular weight excluding hydrogens is 304 g/mol. The van der Waals surface area contributed by atoms with Crippen molar-refractivity contribution in [3.63, 3.8) is 0 Å². The molecule has 0 amide bonds. The molecule has 1 aromatic heterocycles. The number of benzene rings is 1. The second kappa shape index (κ2) is 5.35. The van der Waals surface area contributed by atoms with E-state index in [1.54, 1.807) is 6.07 Å². The molecule has 0 fully saturated rings. The Hall–Kier alpha value is -1.62. The van der Waals surface area contributed by atoms with Crippen molar-refractivity contribution in [3.8, 4) is 0 Å². The van der Waals surface area contributed by atoms with Crippen LogP contribution >= 0.6 is 15.9 Å². The van der Waals surface area contributed by atoms with Crippen LogP contribution < -0.4 is 0 Å². The number of hydrogen-bond acceptors (Lipinski definition) is 2. The summed E-state index contributed by atoms with van der Waals surface area (Å²) in [6.45, 7) is 0. The SMILES string of the molecule is O=C(c1ccncc1)c1cccc(Br)c1C(F)F. The molecule has 0 saturated heterocycles. The van der Waals surface area contributed by atoms with Crippen LogP contribution in [0.25, 0.3) is 0 Å². The smallest absolute Gasteiger partial charge is 0.265 e.